The maximum Gasteiger partial charge on any atom is 0.112 e. The SMILES string of the molecule is [B][C@@H]1O[C@H](CO)C(O)[C@@H]1OC(CN)COC. The first-order valence-corrected chi connectivity index (χ1v) is 5.18. The summed E-state index contributed by atoms with van der Waals surface area (Å²) in [6.45, 7) is 0.274. The lowest BCUT2D eigenvalue weighted by molar-refractivity contribution is -0.0835. The molecular formula is C9H18BNO5. The molecule has 1 fully saturated rings. The summed E-state index contributed by atoms with van der Waals surface area (Å²) in [4.78, 5) is 0. The van der Waals surface area contributed by atoms with Gasteiger partial charge in [-0.3, -0.25) is 0 Å². The van der Waals surface area contributed by atoms with E-state index >= 15 is 0 Å². The number of rotatable bonds is 6. The first kappa shape index (κ1) is 13.9. The van der Waals surface area contributed by atoms with E-state index in [1.54, 1.807) is 0 Å². The van der Waals surface area contributed by atoms with E-state index in [1.807, 2.05) is 0 Å². The lowest BCUT2D eigenvalue weighted by atomic mass is 9.92. The van der Waals surface area contributed by atoms with E-state index in [1.165, 1.54) is 7.11 Å². The standard InChI is InChI=1S/C9H18BNO5/c1-14-4-5(2-11)15-8-7(13)6(3-12)16-9(8)10/h5-9,12-13H,2-4,11H2,1H3/t5?,6-,7?,8+,9-/m1/s1. The van der Waals surface area contributed by atoms with Crippen LogP contribution < -0.4 is 5.73 Å². The molecule has 2 unspecified atom stereocenters. The molecule has 1 aliphatic rings. The summed E-state index contributed by atoms with van der Waals surface area (Å²) < 4.78 is 15.5. The summed E-state index contributed by atoms with van der Waals surface area (Å²) in [6, 6.07) is -0.766. The Bertz CT molecular complexity index is 208. The van der Waals surface area contributed by atoms with Gasteiger partial charge in [0, 0.05) is 19.7 Å². The van der Waals surface area contributed by atoms with Gasteiger partial charge in [0.15, 0.2) is 0 Å². The van der Waals surface area contributed by atoms with Gasteiger partial charge in [0.25, 0.3) is 0 Å². The predicted octanol–water partition coefficient (Wildman–Crippen LogP) is -2.41. The highest BCUT2D eigenvalue weighted by molar-refractivity contribution is 6.11. The van der Waals surface area contributed by atoms with Gasteiger partial charge in [-0.1, -0.05) is 0 Å². The topological polar surface area (TPSA) is 94.2 Å². The van der Waals surface area contributed by atoms with Crippen LogP contribution in [0.25, 0.3) is 0 Å². The van der Waals surface area contributed by atoms with E-state index < -0.39 is 24.3 Å². The average molecular weight is 231 g/mol. The van der Waals surface area contributed by atoms with Crippen molar-refractivity contribution in [2.45, 2.75) is 30.4 Å². The highest BCUT2D eigenvalue weighted by Crippen LogP contribution is 2.23. The largest absolute Gasteiger partial charge is 0.394 e. The molecule has 2 radical (unpaired) electrons. The molecular weight excluding hydrogens is 213 g/mol. The van der Waals surface area contributed by atoms with Gasteiger partial charge in [0.05, 0.1) is 19.3 Å². The van der Waals surface area contributed by atoms with Crippen molar-refractivity contribution in [1.29, 1.82) is 0 Å². The summed E-state index contributed by atoms with van der Waals surface area (Å²) >= 11 is 0. The molecule has 1 aliphatic heterocycles. The Morgan fingerprint density at radius 3 is 2.69 bits per heavy atom. The second kappa shape index (κ2) is 6.53. The van der Waals surface area contributed by atoms with E-state index in [0.29, 0.717) is 6.61 Å². The zero-order valence-electron chi connectivity index (χ0n) is 9.28. The van der Waals surface area contributed by atoms with Gasteiger partial charge >= 0.3 is 0 Å². The number of hydrogen-bond acceptors (Lipinski definition) is 6. The van der Waals surface area contributed by atoms with E-state index in [0.717, 1.165) is 0 Å². The first-order chi connectivity index (χ1) is 7.63. The number of hydrogen-bond donors (Lipinski definition) is 3. The van der Waals surface area contributed by atoms with Gasteiger partial charge in [-0.05, 0) is 0 Å². The fourth-order valence-electron chi connectivity index (χ4n) is 1.65. The van der Waals surface area contributed by atoms with Crippen LogP contribution in [0.4, 0.5) is 0 Å². The smallest absolute Gasteiger partial charge is 0.112 e. The van der Waals surface area contributed by atoms with E-state index in [2.05, 4.69) is 0 Å². The lowest BCUT2D eigenvalue weighted by Gasteiger charge is -2.24. The van der Waals surface area contributed by atoms with Crippen LogP contribution in [0, 0.1) is 0 Å². The van der Waals surface area contributed by atoms with Crippen molar-refractivity contribution in [2.75, 3.05) is 26.9 Å². The summed E-state index contributed by atoms with van der Waals surface area (Å²) in [6.07, 6.45) is -2.70. The van der Waals surface area contributed by atoms with Crippen molar-refractivity contribution in [3.63, 3.8) is 0 Å². The van der Waals surface area contributed by atoms with Crippen LogP contribution in [0.5, 0.6) is 0 Å². The average Bonchev–Trinajstić information content (AvgIpc) is 2.55. The molecule has 0 aromatic carbocycles. The minimum atomic E-state index is -0.953. The summed E-state index contributed by atoms with van der Waals surface area (Å²) in [5.74, 6) is 0. The second-order valence-corrected chi connectivity index (χ2v) is 3.73. The number of aliphatic hydroxyl groups is 2. The third-order valence-electron chi connectivity index (χ3n) is 2.52. The van der Waals surface area contributed by atoms with Gasteiger partial charge in [0.2, 0.25) is 0 Å². The molecule has 5 atom stereocenters. The molecule has 1 heterocycles. The zero-order chi connectivity index (χ0) is 12.1. The fourth-order valence-corrected chi connectivity index (χ4v) is 1.65. The predicted molar refractivity (Wildman–Crippen MR) is 57.1 cm³/mol. The molecule has 0 amide bonds. The van der Waals surface area contributed by atoms with E-state index in [9.17, 15) is 5.11 Å². The molecule has 92 valence electrons. The Hall–Kier alpha value is -0.175. The molecule has 0 saturated carbocycles. The fraction of sp³-hybridized carbons (Fsp3) is 1.00. The normalized spacial score (nSPS) is 36.5. The Labute approximate surface area is 96.1 Å². The molecule has 1 saturated heterocycles. The molecule has 7 heteroatoms. The van der Waals surface area contributed by atoms with Crippen molar-refractivity contribution in [3.8, 4) is 0 Å². The molecule has 0 spiro atoms. The molecule has 6 nitrogen and oxygen atoms in total. The number of methoxy groups -OCH3 is 1. The van der Waals surface area contributed by atoms with Crippen LogP contribution in [-0.2, 0) is 14.2 Å². The summed E-state index contributed by atoms with van der Waals surface area (Å²) in [5, 5.41) is 18.7. The minimum absolute atomic E-state index is 0.258. The van der Waals surface area contributed by atoms with Crippen LogP contribution >= 0.6 is 0 Å². The summed E-state index contributed by atoms with van der Waals surface area (Å²) in [5.41, 5.74) is 5.48. The number of ether oxygens (including phenoxy) is 3. The van der Waals surface area contributed by atoms with Crippen molar-refractivity contribution < 1.29 is 24.4 Å². The molecule has 1 rings (SSSR count). The highest BCUT2D eigenvalue weighted by atomic mass is 16.6. The Balaban J connectivity index is 2.52. The van der Waals surface area contributed by atoms with Crippen LogP contribution in [-0.4, -0.2) is 75.3 Å². The molecule has 0 aromatic heterocycles. The first-order valence-electron chi connectivity index (χ1n) is 5.18. The third kappa shape index (κ3) is 3.16. The maximum atomic E-state index is 9.76. The molecule has 0 aromatic rings. The Morgan fingerprint density at radius 2 is 2.25 bits per heavy atom. The number of nitrogens with two attached hydrogens (primary N) is 1. The Kier molecular flexibility index (Phi) is 5.67. The molecule has 16 heavy (non-hydrogen) atoms. The lowest BCUT2D eigenvalue weighted by Crippen LogP contribution is -2.42. The van der Waals surface area contributed by atoms with Crippen LogP contribution in [0.2, 0.25) is 0 Å². The Morgan fingerprint density at radius 1 is 1.56 bits per heavy atom. The van der Waals surface area contributed by atoms with Gasteiger partial charge in [0.1, 0.15) is 26.2 Å². The van der Waals surface area contributed by atoms with Crippen molar-refractivity contribution in [2.24, 2.45) is 5.73 Å². The molecule has 0 aliphatic carbocycles. The van der Waals surface area contributed by atoms with Gasteiger partial charge in [-0.2, -0.15) is 0 Å². The van der Waals surface area contributed by atoms with Crippen LogP contribution in [0.1, 0.15) is 0 Å². The van der Waals surface area contributed by atoms with Crippen LogP contribution in [0.3, 0.4) is 0 Å². The third-order valence-corrected chi connectivity index (χ3v) is 2.52. The van der Waals surface area contributed by atoms with Crippen molar-refractivity contribution in [1.82, 2.24) is 0 Å². The molecule has 0 bridgehead atoms. The van der Waals surface area contributed by atoms with Crippen LogP contribution in [0.15, 0.2) is 0 Å². The minimum Gasteiger partial charge on any atom is -0.394 e. The maximum absolute atomic E-state index is 9.76. The van der Waals surface area contributed by atoms with Gasteiger partial charge in [-0.15, -0.1) is 0 Å². The number of aliphatic hydroxyl groups excluding tert-OH is 2. The van der Waals surface area contributed by atoms with Gasteiger partial charge in [-0.25, -0.2) is 0 Å². The molecule has 4 N–H and O–H groups in total. The quantitative estimate of drug-likeness (QED) is 0.441. The highest BCUT2D eigenvalue weighted by Gasteiger charge is 2.42. The van der Waals surface area contributed by atoms with E-state index in [-0.39, 0.29) is 19.3 Å². The zero-order valence-corrected chi connectivity index (χ0v) is 9.28. The van der Waals surface area contributed by atoms with Gasteiger partial charge < -0.3 is 30.2 Å². The summed E-state index contributed by atoms with van der Waals surface area (Å²) in [7, 11) is 7.17. The van der Waals surface area contributed by atoms with Crippen molar-refractivity contribution >= 4 is 7.85 Å². The van der Waals surface area contributed by atoms with Crippen molar-refractivity contribution in [3.05, 3.63) is 0 Å². The monoisotopic (exact) mass is 231 g/mol. The second-order valence-electron chi connectivity index (χ2n) is 3.73. The van der Waals surface area contributed by atoms with E-state index in [4.69, 9.17) is 32.9 Å².